The monoisotopic (exact) mass is 320 g/mol. The van der Waals surface area contributed by atoms with Gasteiger partial charge in [0.15, 0.2) is 6.61 Å². The van der Waals surface area contributed by atoms with Gasteiger partial charge in [-0.05, 0) is 12.8 Å². The van der Waals surface area contributed by atoms with Crippen molar-refractivity contribution in [3.63, 3.8) is 0 Å². The van der Waals surface area contributed by atoms with Gasteiger partial charge in [-0.3, -0.25) is 9.48 Å². The molecule has 1 aliphatic rings. The van der Waals surface area contributed by atoms with Gasteiger partial charge in [0, 0.05) is 31.9 Å². The summed E-state index contributed by atoms with van der Waals surface area (Å²) in [7, 11) is 1.82. The number of carbonyl (C=O) groups excluding carboxylic acids is 2. The van der Waals surface area contributed by atoms with E-state index in [2.05, 4.69) is 10.1 Å². The van der Waals surface area contributed by atoms with E-state index in [-0.39, 0.29) is 12.5 Å². The lowest BCUT2D eigenvalue weighted by Gasteiger charge is -2.14. The number of hydrogen-bond donors (Lipinski definition) is 0. The van der Waals surface area contributed by atoms with Crippen LogP contribution in [-0.4, -0.2) is 51.2 Å². The Labute approximate surface area is 131 Å². The number of ether oxygens (including phenoxy) is 1. The smallest absolute Gasteiger partial charge is 0.350 e. The third-order valence-electron chi connectivity index (χ3n) is 3.44. The molecule has 0 saturated carbocycles. The summed E-state index contributed by atoms with van der Waals surface area (Å²) in [6.45, 7) is 1.29. The molecule has 1 fully saturated rings. The highest BCUT2D eigenvalue weighted by Crippen LogP contribution is 2.24. The highest BCUT2D eigenvalue weighted by molar-refractivity contribution is 7.16. The fourth-order valence-corrected chi connectivity index (χ4v) is 3.07. The Morgan fingerprint density at radius 1 is 1.32 bits per heavy atom. The normalized spacial score (nSPS) is 14.3. The van der Waals surface area contributed by atoms with Crippen LogP contribution in [0.3, 0.4) is 0 Å². The van der Waals surface area contributed by atoms with Crippen molar-refractivity contribution in [1.29, 1.82) is 0 Å². The molecule has 7 nitrogen and oxygen atoms in total. The average Bonchev–Trinajstić information content (AvgIpc) is 3.23. The highest BCUT2D eigenvalue weighted by atomic mass is 32.1. The molecule has 8 heteroatoms. The average molecular weight is 320 g/mol. The van der Waals surface area contributed by atoms with Crippen LogP contribution in [0.4, 0.5) is 0 Å². The van der Waals surface area contributed by atoms with Gasteiger partial charge in [0.25, 0.3) is 5.91 Å². The Balaban J connectivity index is 1.58. The Hall–Kier alpha value is -2.22. The van der Waals surface area contributed by atoms with Crippen molar-refractivity contribution >= 4 is 23.2 Å². The minimum atomic E-state index is -0.514. The van der Waals surface area contributed by atoms with E-state index in [1.807, 2.05) is 13.2 Å². The maximum Gasteiger partial charge on any atom is 0.350 e. The molecule has 3 rings (SSSR count). The molecule has 0 spiro atoms. The number of likely N-dealkylation sites (tertiary alicyclic amines) is 1. The van der Waals surface area contributed by atoms with E-state index in [4.69, 9.17) is 4.74 Å². The Bertz CT molecular complexity index is 688. The first-order chi connectivity index (χ1) is 10.6. The number of amides is 1. The number of esters is 1. The summed E-state index contributed by atoms with van der Waals surface area (Å²) in [6.07, 6.45) is 7.01. The number of thiazole rings is 1. The molecule has 2 aromatic heterocycles. The van der Waals surface area contributed by atoms with Crippen LogP contribution in [0, 0.1) is 0 Å². The fourth-order valence-electron chi connectivity index (χ4n) is 2.29. The highest BCUT2D eigenvalue weighted by Gasteiger charge is 2.20. The molecule has 1 amide bonds. The van der Waals surface area contributed by atoms with Crippen molar-refractivity contribution in [3.8, 4) is 10.6 Å². The molecule has 116 valence electrons. The lowest BCUT2D eigenvalue weighted by molar-refractivity contribution is -0.133. The van der Waals surface area contributed by atoms with Gasteiger partial charge in [-0.2, -0.15) is 5.10 Å². The van der Waals surface area contributed by atoms with Crippen LogP contribution in [0.25, 0.3) is 10.6 Å². The topological polar surface area (TPSA) is 77.3 Å². The largest absolute Gasteiger partial charge is 0.451 e. The molecule has 22 heavy (non-hydrogen) atoms. The van der Waals surface area contributed by atoms with Crippen molar-refractivity contribution in [1.82, 2.24) is 19.7 Å². The minimum Gasteiger partial charge on any atom is -0.451 e. The zero-order chi connectivity index (χ0) is 15.5. The van der Waals surface area contributed by atoms with Gasteiger partial charge in [0.05, 0.1) is 12.4 Å². The summed E-state index contributed by atoms with van der Waals surface area (Å²) in [5, 5.41) is 4.77. The van der Waals surface area contributed by atoms with Crippen LogP contribution in [-0.2, 0) is 16.6 Å². The Kier molecular flexibility index (Phi) is 4.19. The first kappa shape index (κ1) is 14.7. The minimum absolute atomic E-state index is 0.136. The van der Waals surface area contributed by atoms with Gasteiger partial charge in [0.2, 0.25) is 0 Å². The summed E-state index contributed by atoms with van der Waals surface area (Å²) in [5.74, 6) is -0.650. The molecule has 0 atom stereocenters. The van der Waals surface area contributed by atoms with Gasteiger partial charge in [0.1, 0.15) is 9.88 Å². The van der Waals surface area contributed by atoms with Crippen LogP contribution in [0.1, 0.15) is 22.5 Å². The third kappa shape index (κ3) is 3.16. The molecular weight excluding hydrogens is 304 g/mol. The van der Waals surface area contributed by atoms with E-state index in [9.17, 15) is 9.59 Å². The maximum atomic E-state index is 12.0. The first-order valence-electron chi connectivity index (χ1n) is 7.03. The Morgan fingerprint density at radius 2 is 2.09 bits per heavy atom. The van der Waals surface area contributed by atoms with Crippen molar-refractivity contribution in [2.45, 2.75) is 12.8 Å². The predicted molar refractivity (Wildman–Crippen MR) is 80.4 cm³/mol. The number of nitrogens with zero attached hydrogens (tertiary/aromatic N) is 4. The molecule has 1 saturated heterocycles. The molecular formula is C14H16N4O3S. The van der Waals surface area contributed by atoms with E-state index < -0.39 is 5.97 Å². The zero-order valence-electron chi connectivity index (χ0n) is 12.2. The second kappa shape index (κ2) is 6.27. The number of rotatable bonds is 4. The van der Waals surface area contributed by atoms with E-state index in [1.54, 1.807) is 15.8 Å². The van der Waals surface area contributed by atoms with Crippen molar-refractivity contribution in [2.75, 3.05) is 19.7 Å². The van der Waals surface area contributed by atoms with Crippen LogP contribution in [0.5, 0.6) is 0 Å². The molecule has 0 unspecified atom stereocenters. The summed E-state index contributed by atoms with van der Waals surface area (Å²) < 4.78 is 6.75. The summed E-state index contributed by atoms with van der Waals surface area (Å²) in [5.41, 5.74) is 0.847. The number of hydrogen-bond acceptors (Lipinski definition) is 6. The summed E-state index contributed by atoms with van der Waals surface area (Å²) in [4.78, 5) is 30.1. The van der Waals surface area contributed by atoms with Gasteiger partial charge < -0.3 is 9.64 Å². The van der Waals surface area contributed by atoms with Crippen LogP contribution in [0.15, 0.2) is 18.6 Å². The molecule has 3 heterocycles. The standard InChI is InChI=1S/C14H16N4O3S/c1-17-8-10(6-16-17)13-15-7-11(22-13)14(20)21-9-12(19)18-4-2-3-5-18/h6-8H,2-5,9H2,1H3. The van der Waals surface area contributed by atoms with Crippen LogP contribution < -0.4 is 0 Å². The molecule has 2 aromatic rings. The van der Waals surface area contributed by atoms with Gasteiger partial charge >= 0.3 is 5.97 Å². The zero-order valence-corrected chi connectivity index (χ0v) is 13.0. The van der Waals surface area contributed by atoms with E-state index >= 15 is 0 Å². The second-order valence-corrected chi connectivity index (χ2v) is 6.13. The van der Waals surface area contributed by atoms with Crippen molar-refractivity contribution < 1.29 is 14.3 Å². The second-order valence-electron chi connectivity index (χ2n) is 5.10. The van der Waals surface area contributed by atoms with E-state index in [0.717, 1.165) is 31.5 Å². The molecule has 0 aliphatic carbocycles. The summed E-state index contributed by atoms with van der Waals surface area (Å²) in [6, 6.07) is 0. The van der Waals surface area contributed by atoms with Crippen molar-refractivity contribution in [2.24, 2.45) is 7.05 Å². The van der Waals surface area contributed by atoms with Gasteiger partial charge in [-0.25, -0.2) is 9.78 Å². The van der Waals surface area contributed by atoms with Crippen molar-refractivity contribution in [3.05, 3.63) is 23.5 Å². The Morgan fingerprint density at radius 3 is 2.77 bits per heavy atom. The molecule has 1 aliphatic heterocycles. The molecule has 0 radical (unpaired) electrons. The maximum absolute atomic E-state index is 12.0. The molecule has 0 aromatic carbocycles. The van der Waals surface area contributed by atoms with E-state index in [0.29, 0.717) is 9.88 Å². The lowest BCUT2D eigenvalue weighted by atomic mass is 10.4. The van der Waals surface area contributed by atoms with Gasteiger partial charge in [-0.15, -0.1) is 11.3 Å². The number of aromatic nitrogens is 3. The molecule has 0 N–H and O–H groups in total. The SMILES string of the molecule is Cn1cc(-c2ncc(C(=O)OCC(=O)N3CCCC3)s2)cn1. The summed E-state index contributed by atoms with van der Waals surface area (Å²) >= 11 is 1.23. The number of carbonyl (C=O) groups is 2. The van der Waals surface area contributed by atoms with Gasteiger partial charge in [-0.1, -0.05) is 0 Å². The lowest BCUT2D eigenvalue weighted by Crippen LogP contribution is -2.31. The fraction of sp³-hybridized carbons (Fsp3) is 0.429. The van der Waals surface area contributed by atoms with E-state index in [1.165, 1.54) is 17.5 Å². The molecule has 0 bridgehead atoms. The third-order valence-corrected chi connectivity index (χ3v) is 4.47. The van der Waals surface area contributed by atoms with Crippen LogP contribution in [0.2, 0.25) is 0 Å². The predicted octanol–water partition coefficient (Wildman–Crippen LogP) is 1.32. The quantitative estimate of drug-likeness (QED) is 0.794. The number of aryl methyl sites for hydroxylation is 1. The van der Waals surface area contributed by atoms with Crippen LogP contribution >= 0.6 is 11.3 Å². The first-order valence-corrected chi connectivity index (χ1v) is 7.85.